The molecule has 0 saturated carbocycles. The van der Waals surface area contributed by atoms with E-state index >= 15 is 0 Å². The largest absolute Gasteiger partial charge is 0.463 e. The number of hydrogen-bond donors (Lipinski definition) is 0. The normalized spacial score (nSPS) is 10.6. The van der Waals surface area contributed by atoms with Crippen LogP contribution in [0.3, 0.4) is 0 Å². The first-order valence-corrected chi connectivity index (χ1v) is 9.04. The lowest BCUT2D eigenvalue weighted by molar-refractivity contribution is 0.0451. The summed E-state index contributed by atoms with van der Waals surface area (Å²) in [7, 11) is 1.26. The molecule has 0 aliphatic heterocycles. The van der Waals surface area contributed by atoms with E-state index in [1.54, 1.807) is 0 Å². The second-order valence-corrected chi connectivity index (χ2v) is 5.97. The van der Waals surface area contributed by atoms with Crippen LogP contribution in [0.15, 0.2) is 16.5 Å². The van der Waals surface area contributed by atoms with Gasteiger partial charge in [-0.05, 0) is 18.6 Å². The summed E-state index contributed by atoms with van der Waals surface area (Å²) in [5, 5.41) is 0. The summed E-state index contributed by atoms with van der Waals surface area (Å²) in [5.74, 6) is -1.12. The van der Waals surface area contributed by atoms with Gasteiger partial charge in [0.15, 0.2) is 0 Å². The van der Waals surface area contributed by atoms with Crippen LogP contribution in [0.25, 0.3) is 0 Å². The Balaban J connectivity index is 2.02. The van der Waals surface area contributed by atoms with Crippen molar-refractivity contribution in [2.45, 2.75) is 71.1 Å². The number of unbranched alkanes of at least 4 members (excludes halogenated alkanes) is 9. The van der Waals surface area contributed by atoms with Crippen LogP contribution in [-0.2, 0) is 9.47 Å². The Morgan fingerprint density at radius 2 is 1.33 bits per heavy atom. The highest BCUT2D eigenvalue weighted by Crippen LogP contribution is 2.12. The van der Waals surface area contributed by atoms with E-state index in [2.05, 4.69) is 11.7 Å². The first-order valence-electron chi connectivity index (χ1n) is 9.04. The summed E-state index contributed by atoms with van der Waals surface area (Å²) in [6, 6.07) is 2.83. The Morgan fingerprint density at radius 3 is 1.88 bits per heavy atom. The summed E-state index contributed by atoms with van der Waals surface area (Å²) < 4.78 is 14.8. The van der Waals surface area contributed by atoms with Crippen molar-refractivity contribution in [1.29, 1.82) is 0 Å². The molecule has 0 radical (unpaired) electrons. The molecule has 0 fully saturated rings. The molecule has 0 spiro atoms. The van der Waals surface area contributed by atoms with Gasteiger partial charge in [0.05, 0.1) is 13.7 Å². The molecule has 0 aromatic carbocycles. The zero-order valence-electron chi connectivity index (χ0n) is 15.0. The summed E-state index contributed by atoms with van der Waals surface area (Å²) >= 11 is 0. The minimum absolute atomic E-state index is 0.00314. The zero-order chi connectivity index (χ0) is 17.6. The summed E-state index contributed by atoms with van der Waals surface area (Å²) in [6.07, 6.45) is 12.3. The van der Waals surface area contributed by atoms with Gasteiger partial charge in [-0.1, -0.05) is 64.7 Å². The Labute approximate surface area is 144 Å². The van der Waals surface area contributed by atoms with E-state index in [1.165, 1.54) is 70.6 Å². The number of carbonyl (C=O) groups is 2. The minimum atomic E-state index is -0.608. The molecule has 0 atom stereocenters. The highest BCUT2D eigenvalue weighted by atomic mass is 16.6. The van der Waals surface area contributed by atoms with Crippen molar-refractivity contribution in [3.63, 3.8) is 0 Å². The molecular weight excluding hydrogens is 308 g/mol. The van der Waals surface area contributed by atoms with Gasteiger partial charge in [0.2, 0.25) is 11.5 Å². The standard InChI is InChI=1S/C19H30O5/c1-3-4-5-6-7-8-9-10-11-12-15-23-19(21)17-14-13-16(24-17)18(20)22-2/h13-14H,3-12,15H2,1-2H3. The van der Waals surface area contributed by atoms with E-state index in [-0.39, 0.29) is 11.5 Å². The van der Waals surface area contributed by atoms with Gasteiger partial charge in [-0.2, -0.15) is 0 Å². The third-order valence-electron chi connectivity index (χ3n) is 3.92. The summed E-state index contributed by atoms with van der Waals surface area (Å²) in [5.41, 5.74) is 0. The Kier molecular flexibility index (Phi) is 10.7. The average Bonchev–Trinajstić information content (AvgIpc) is 3.09. The quantitative estimate of drug-likeness (QED) is 0.368. The summed E-state index contributed by atoms with van der Waals surface area (Å²) in [4.78, 5) is 23.0. The molecular formula is C19H30O5. The third kappa shape index (κ3) is 8.18. The van der Waals surface area contributed by atoms with Crippen LogP contribution in [0.5, 0.6) is 0 Å². The molecule has 0 N–H and O–H groups in total. The monoisotopic (exact) mass is 338 g/mol. The number of esters is 2. The van der Waals surface area contributed by atoms with Gasteiger partial charge in [0.25, 0.3) is 0 Å². The predicted molar refractivity (Wildman–Crippen MR) is 92.2 cm³/mol. The maximum atomic E-state index is 11.8. The Hall–Kier alpha value is -1.78. The second-order valence-electron chi connectivity index (χ2n) is 5.97. The molecule has 24 heavy (non-hydrogen) atoms. The first kappa shape index (κ1) is 20.3. The number of ether oxygens (including phenoxy) is 2. The molecule has 1 rings (SSSR count). The molecule has 1 aromatic heterocycles. The maximum Gasteiger partial charge on any atom is 0.374 e. The van der Waals surface area contributed by atoms with Crippen molar-refractivity contribution >= 4 is 11.9 Å². The fourth-order valence-electron chi connectivity index (χ4n) is 2.48. The highest BCUT2D eigenvalue weighted by molar-refractivity contribution is 5.90. The van der Waals surface area contributed by atoms with Crippen LogP contribution >= 0.6 is 0 Å². The fraction of sp³-hybridized carbons (Fsp3) is 0.684. The van der Waals surface area contributed by atoms with Gasteiger partial charge in [-0.25, -0.2) is 9.59 Å². The minimum Gasteiger partial charge on any atom is -0.463 e. The second kappa shape index (κ2) is 12.6. The molecule has 5 heteroatoms. The summed E-state index contributed by atoms with van der Waals surface area (Å²) in [6.45, 7) is 2.61. The van der Waals surface area contributed by atoms with E-state index in [9.17, 15) is 9.59 Å². The smallest absolute Gasteiger partial charge is 0.374 e. The highest BCUT2D eigenvalue weighted by Gasteiger charge is 2.16. The molecule has 0 aliphatic rings. The lowest BCUT2D eigenvalue weighted by Crippen LogP contribution is -2.05. The van der Waals surface area contributed by atoms with Crippen LogP contribution in [0.4, 0.5) is 0 Å². The van der Waals surface area contributed by atoms with Gasteiger partial charge < -0.3 is 13.9 Å². The van der Waals surface area contributed by atoms with Gasteiger partial charge in [0.1, 0.15) is 0 Å². The SMILES string of the molecule is CCCCCCCCCCCCOC(=O)c1ccc(C(=O)OC)o1. The van der Waals surface area contributed by atoms with Crippen molar-refractivity contribution in [1.82, 2.24) is 0 Å². The first-order chi connectivity index (χ1) is 11.7. The molecule has 0 bridgehead atoms. The van der Waals surface area contributed by atoms with Crippen molar-refractivity contribution in [2.75, 3.05) is 13.7 Å². The number of furan rings is 1. The molecule has 136 valence electrons. The van der Waals surface area contributed by atoms with Crippen LogP contribution in [0.2, 0.25) is 0 Å². The topological polar surface area (TPSA) is 65.7 Å². The van der Waals surface area contributed by atoms with Gasteiger partial charge in [0, 0.05) is 0 Å². The Morgan fingerprint density at radius 1 is 0.833 bits per heavy atom. The molecule has 1 aromatic rings. The van der Waals surface area contributed by atoms with Gasteiger partial charge in [-0.3, -0.25) is 0 Å². The lowest BCUT2D eigenvalue weighted by atomic mass is 10.1. The lowest BCUT2D eigenvalue weighted by Gasteiger charge is -2.04. The number of methoxy groups -OCH3 is 1. The van der Waals surface area contributed by atoms with E-state index < -0.39 is 11.9 Å². The zero-order valence-corrected chi connectivity index (χ0v) is 15.0. The number of hydrogen-bond acceptors (Lipinski definition) is 5. The van der Waals surface area contributed by atoms with E-state index in [4.69, 9.17) is 9.15 Å². The molecule has 0 unspecified atom stereocenters. The molecule has 1 heterocycles. The van der Waals surface area contributed by atoms with Crippen LogP contribution in [0.1, 0.15) is 92.2 Å². The van der Waals surface area contributed by atoms with E-state index in [0.29, 0.717) is 6.61 Å². The Bertz CT molecular complexity index is 478. The third-order valence-corrected chi connectivity index (χ3v) is 3.92. The fourth-order valence-corrected chi connectivity index (χ4v) is 2.48. The number of carbonyl (C=O) groups excluding carboxylic acids is 2. The predicted octanol–water partition coefficient (Wildman–Crippen LogP) is 5.14. The van der Waals surface area contributed by atoms with Crippen LogP contribution in [-0.4, -0.2) is 25.7 Å². The van der Waals surface area contributed by atoms with E-state index in [0.717, 1.165) is 12.8 Å². The molecule has 5 nitrogen and oxygen atoms in total. The maximum absolute atomic E-state index is 11.8. The van der Waals surface area contributed by atoms with Crippen LogP contribution in [0, 0.1) is 0 Å². The molecule has 0 amide bonds. The van der Waals surface area contributed by atoms with Crippen molar-refractivity contribution in [2.24, 2.45) is 0 Å². The number of rotatable bonds is 13. The van der Waals surface area contributed by atoms with E-state index in [1.807, 2.05) is 0 Å². The van der Waals surface area contributed by atoms with Crippen LogP contribution < -0.4 is 0 Å². The van der Waals surface area contributed by atoms with Crippen molar-refractivity contribution in [3.8, 4) is 0 Å². The van der Waals surface area contributed by atoms with Crippen molar-refractivity contribution in [3.05, 3.63) is 23.7 Å². The molecule has 0 saturated heterocycles. The van der Waals surface area contributed by atoms with Gasteiger partial charge >= 0.3 is 11.9 Å². The van der Waals surface area contributed by atoms with Crippen molar-refractivity contribution < 1.29 is 23.5 Å². The van der Waals surface area contributed by atoms with Gasteiger partial charge in [-0.15, -0.1) is 0 Å². The average molecular weight is 338 g/mol. The molecule has 0 aliphatic carbocycles.